The van der Waals surface area contributed by atoms with Crippen LogP contribution in [0, 0.1) is 3.57 Å². The van der Waals surface area contributed by atoms with E-state index in [2.05, 4.69) is 32.7 Å². The molecule has 1 unspecified atom stereocenters. The van der Waals surface area contributed by atoms with Crippen LogP contribution in [0.25, 0.3) is 11.5 Å². The number of nitrogens with zero attached hydrogens (tertiary/aromatic N) is 2. The van der Waals surface area contributed by atoms with E-state index in [9.17, 15) is 0 Å². The van der Waals surface area contributed by atoms with E-state index in [1.807, 2.05) is 25.1 Å². The molecular formula is C12H14IN3O2. The molecular weight excluding hydrogens is 345 g/mol. The molecule has 0 amide bonds. The van der Waals surface area contributed by atoms with Crippen LogP contribution in [0.4, 0.5) is 5.69 Å². The fourth-order valence-corrected chi connectivity index (χ4v) is 1.95. The Hall–Kier alpha value is -1.15. The Morgan fingerprint density at radius 2 is 2.28 bits per heavy atom. The summed E-state index contributed by atoms with van der Waals surface area (Å²) in [5.41, 5.74) is 7.37. The summed E-state index contributed by atoms with van der Waals surface area (Å²) < 4.78 is 11.5. The third-order valence-corrected chi connectivity index (χ3v) is 3.61. The molecule has 2 N–H and O–H groups in total. The molecule has 0 bridgehead atoms. The minimum absolute atomic E-state index is 0.135. The first-order chi connectivity index (χ1) is 8.65. The summed E-state index contributed by atoms with van der Waals surface area (Å²) in [5, 5.41) is 3.93. The number of hydrogen-bond acceptors (Lipinski definition) is 5. The molecule has 1 aromatic heterocycles. The maximum atomic E-state index is 5.85. The summed E-state index contributed by atoms with van der Waals surface area (Å²) in [6.45, 7) is 2.01. The van der Waals surface area contributed by atoms with Crippen LogP contribution in [-0.2, 0) is 4.74 Å². The summed E-state index contributed by atoms with van der Waals surface area (Å²) in [7, 11) is 1.63. The summed E-state index contributed by atoms with van der Waals surface area (Å²) in [5.74, 6) is 1.02. The first-order valence-electron chi connectivity index (χ1n) is 5.57. The molecule has 0 saturated heterocycles. The van der Waals surface area contributed by atoms with Crippen LogP contribution in [0.3, 0.4) is 0 Å². The number of anilines is 1. The molecule has 2 aromatic rings. The molecule has 0 aliphatic heterocycles. The van der Waals surface area contributed by atoms with Gasteiger partial charge in [0, 0.05) is 21.9 Å². The van der Waals surface area contributed by atoms with Crippen molar-refractivity contribution in [3.63, 3.8) is 0 Å². The molecule has 0 radical (unpaired) electrons. The number of aromatic nitrogens is 2. The molecule has 18 heavy (non-hydrogen) atoms. The van der Waals surface area contributed by atoms with Gasteiger partial charge in [-0.3, -0.25) is 0 Å². The molecule has 0 spiro atoms. The van der Waals surface area contributed by atoms with Crippen molar-refractivity contribution >= 4 is 28.3 Å². The van der Waals surface area contributed by atoms with Gasteiger partial charge in [-0.25, -0.2) is 0 Å². The molecule has 0 aliphatic rings. The lowest BCUT2D eigenvalue weighted by molar-refractivity contribution is 0.0903. The minimum Gasteiger partial charge on any atom is -0.398 e. The molecule has 6 heteroatoms. The molecule has 1 atom stereocenters. The maximum absolute atomic E-state index is 5.85. The van der Waals surface area contributed by atoms with Gasteiger partial charge in [-0.15, -0.1) is 0 Å². The van der Waals surface area contributed by atoms with Crippen molar-refractivity contribution in [2.75, 3.05) is 12.8 Å². The van der Waals surface area contributed by atoms with Crippen LogP contribution < -0.4 is 5.73 Å². The third-order valence-electron chi connectivity index (χ3n) is 2.63. The van der Waals surface area contributed by atoms with E-state index in [-0.39, 0.29) is 6.10 Å². The van der Waals surface area contributed by atoms with Crippen molar-refractivity contribution < 1.29 is 9.26 Å². The number of halogens is 1. The lowest BCUT2D eigenvalue weighted by Crippen LogP contribution is -2.01. The van der Waals surface area contributed by atoms with Gasteiger partial charge in [0.05, 0.1) is 0 Å². The zero-order valence-corrected chi connectivity index (χ0v) is 12.3. The molecule has 0 saturated carbocycles. The quantitative estimate of drug-likeness (QED) is 0.671. The normalized spacial score (nSPS) is 12.6. The van der Waals surface area contributed by atoms with Gasteiger partial charge in [0.15, 0.2) is 0 Å². The van der Waals surface area contributed by atoms with Crippen molar-refractivity contribution in [3.05, 3.63) is 27.6 Å². The predicted octanol–water partition coefficient (Wildman–Crippen LogP) is 3.02. The molecule has 0 fully saturated rings. The Balaban J connectivity index is 2.31. The largest absolute Gasteiger partial charge is 0.398 e. The fraction of sp³-hybridized carbons (Fsp3) is 0.333. The van der Waals surface area contributed by atoms with E-state index in [1.54, 1.807) is 7.11 Å². The van der Waals surface area contributed by atoms with Crippen LogP contribution in [-0.4, -0.2) is 17.3 Å². The van der Waals surface area contributed by atoms with Crippen LogP contribution >= 0.6 is 22.6 Å². The van der Waals surface area contributed by atoms with Gasteiger partial charge in [-0.2, -0.15) is 4.98 Å². The highest BCUT2D eigenvalue weighted by atomic mass is 127. The van der Waals surface area contributed by atoms with E-state index in [1.165, 1.54) is 0 Å². The van der Waals surface area contributed by atoms with Crippen LogP contribution in [0.5, 0.6) is 0 Å². The summed E-state index contributed by atoms with van der Waals surface area (Å²) in [4.78, 5) is 4.33. The van der Waals surface area contributed by atoms with Gasteiger partial charge < -0.3 is 15.0 Å². The van der Waals surface area contributed by atoms with Gasteiger partial charge in [-0.1, -0.05) is 12.1 Å². The van der Waals surface area contributed by atoms with Crippen LogP contribution in [0.2, 0.25) is 0 Å². The fourth-order valence-electron chi connectivity index (χ4n) is 1.61. The second kappa shape index (κ2) is 5.66. The molecule has 5 nitrogen and oxygen atoms in total. The minimum atomic E-state index is -0.135. The zero-order valence-electron chi connectivity index (χ0n) is 10.2. The number of nitrogens with two attached hydrogens (primary N) is 1. The van der Waals surface area contributed by atoms with E-state index in [0.717, 1.165) is 15.6 Å². The van der Waals surface area contributed by atoms with Crippen molar-refractivity contribution in [1.82, 2.24) is 10.1 Å². The second-order valence-corrected chi connectivity index (χ2v) is 4.99. The van der Waals surface area contributed by atoms with Crippen molar-refractivity contribution in [2.24, 2.45) is 0 Å². The van der Waals surface area contributed by atoms with Crippen LogP contribution in [0.15, 0.2) is 22.7 Å². The maximum Gasteiger partial charge on any atom is 0.258 e. The monoisotopic (exact) mass is 359 g/mol. The molecule has 96 valence electrons. The zero-order chi connectivity index (χ0) is 13.1. The van der Waals surface area contributed by atoms with Crippen molar-refractivity contribution in [2.45, 2.75) is 19.4 Å². The highest BCUT2D eigenvalue weighted by molar-refractivity contribution is 14.1. The molecule has 1 aromatic carbocycles. The predicted molar refractivity (Wildman–Crippen MR) is 76.9 cm³/mol. The average Bonchev–Trinajstić information content (AvgIpc) is 2.84. The van der Waals surface area contributed by atoms with E-state index in [0.29, 0.717) is 17.4 Å². The van der Waals surface area contributed by atoms with Crippen molar-refractivity contribution in [3.8, 4) is 11.5 Å². The number of benzene rings is 1. The first kappa shape index (κ1) is 13.3. The van der Waals surface area contributed by atoms with Gasteiger partial charge in [0.1, 0.15) is 6.10 Å². The van der Waals surface area contributed by atoms with E-state index >= 15 is 0 Å². The van der Waals surface area contributed by atoms with Crippen molar-refractivity contribution in [1.29, 1.82) is 0 Å². The number of ether oxygens (including phenoxy) is 1. The Bertz CT molecular complexity index is 538. The lowest BCUT2D eigenvalue weighted by Gasteiger charge is -2.06. The molecule has 0 aliphatic carbocycles. The average molecular weight is 359 g/mol. The first-order valence-corrected chi connectivity index (χ1v) is 6.65. The Labute approximate surface area is 119 Å². The van der Waals surface area contributed by atoms with Gasteiger partial charge in [-0.05, 0) is 47.2 Å². The number of methoxy groups -OCH3 is 1. The Morgan fingerprint density at radius 3 is 2.89 bits per heavy atom. The summed E-state index contributed by atoms with van der Waals surface area (Å²) in [6, 6.07) is 5.65. The van der Waals surface area contributed by atoms with Gasteiger partial charge in [0.25, 0.3) is 5.89 Å². The third kappa shape index (κ3) is 2.64. The Morgan fingerprint density at radius 1 is 1.50 bits per heavy atom. The SMILES string of the molecule is CCC(OC)c1noc(-c2ccc(I)c(N)c2)n1. The topological polar surface area (TPSA) is 74.2 Å². The Kier molecular flexibility index (Phi) is 4.18. The number of rotatable bonds is 4. The standard InChI is InChI=1S/C12H14IN3O2/c1-3-10(17-2)11-15-12(18-16-11)7-4-5-8(13)9(14)6-7/h4-6,10H,3,14H2,1-2H3. The molecule has 2 rings (SSSR count). The summed E-state index contributed by atoms with van der Waals surface area (Å²) in [6.07, 6.45) is 0.660. The number of nitrogen functional groups attached to an aromatic ring is 1. The highest BCUT2D eigenvalue weighted by Crippen LogP contribution is 2.25. The highest BCUT2D eigenvalue weighted by Gasteiger charge is 2.17. The smallest absolute Gasteiger partial charge is 0.258 e. The summed E-state index contributed by atoms with van der Waals surface area (Å²) >= 11 is 2.18. The second-order valence-electron chi connectivity index (χ2n) is 3.83. The number of hydrogen-bond donors (Lipinski definition) is 1. The van der Waals surface area contributed by atoms with Gasteiger partial charge in [0.2, 0.25) is 5.82 Å². The van der Waals surface area contributed by atoms with E-state index < -0.39 is 0 Å². The van der Waals surface area contributed by atoms with Crippen LogP contribution in [0.1, 0.15) is 25.3 Å². The van der Waals surface area contributed by atoms with E-state index in [4.69, 9.17) is 15.0 Å². The molecule has 1 heterocycles. The lowest BCUT2D eigenvalue weighted by atomic mass is 10.2. The van der Waals surface area contributed by atoms with Gasteiger partial charge >= 0.3 is 0 Å².